The maximum Gasteiger partial charge on any atom is 0.129 e. The highest BCUT2D eigenvalue weighted by molar-refractivity contribution is 5.75. The lowest BCUT2D eigenvalue weighted by Crippen LogP contribution is -1.95. The molecule has 74 valence electrons. The lowest BCUT2D eigenvalue weighted by molar-refractivity contribution is -0.117. The quantitative estimate of drug-likeness (QED) is 0.683. The predicted molar refractivity (Wildman–Crippen MR) is 54.0 cm³/mol. The van der Waals surface area contributed by atoms with Gasteiger partial charge in [0.25, 0.3) is 0 Å². The second-order valence-corrected chi connectivity index (χ2v) is 3.75. The van der Waals surface area contributed by atoms with Crippen molar-refractivity contribution in [3.05, 3.63) is 35.9 Å². The Morgan fingerprint density at radius 3 is 2.71 bits per heavy atom. The van der Waals surface area contributed by atoms with E-state index in [2.05, 4.69) is 12.1 Å². The molecule has 2 nitrogen and oxygen atoms in total. The van der Waals surface area contributed by atoms with Crippen LogP contribution in [0.5, 0.6) is 0 Å². The summed E-state index contributed by atoms with van der Waals surface area (Å²) in [5.41, 5.74) is 1.22. The van der Waals surface area contributed by atoms with Gasteiger partial charge in [0.2, 0.25) is 0 Å². The van der Waals surface area contributed by atoms with Crippen LogP contribution in [-0.4, -0.2) is 11.9 Å². The lowest BCUT2D eigenvalue weighted by Gasteiger charge is -1.94. The van der Waals surface area contributed by atoms with Crippen molar-refractivity contribution in [3.8, 4) is 0 Å². The number of hydrogen-bond acceptors (Lipinski definition) is 2. The highest BCUT2D eigenvalue weighted by atomic mass is 16.6. The van der Waals surface area contributed by atoms with Gasteiger partial charge in [-0.05, 0) is 18.9 Å². The second kappa shape index (κ2) is 3.93. The maximum atomic E-state index is 10.8. The van der Waals surface area contributed by atoms with Gasteiger partial charge in [-0.3, -0.25) is 0 Å². The van der Waals surface area contributed by atoms with Crippen molar-refractivity contribution in [1.29, 1.82) is 0 Å². The fourth-order valence-electron chi connectivity index (χ4n) is 1.64. The van der Waals surface area contributed by atoms with Gasteiger partial charge in [-0.25, -0.2) is 0 Å². The van der Waals surface area contributed by atoms with Crippen molar-refractivity contribution in [2.24, 2.45) is 0 Å². The standard InChI is InChI=1S/C12H14O2/c1-9(13)7-8-11-12(14-11)10-5-3-2-4-6-10/h2-6,11-12H,7-8H2,1H3. The Morgan fingerprint density at radius 1 is 1.36 bits per heavy atom. The average molecular weight is 190 g/mol. The average Bonchev–Trinajstić information content (AvgIpc) is 2.95. The number of carbonyl (C=O) groups is 1. The normalized spacial score (nSPS) is 24.6. The van der Waals surface area contributed by atoms with Gasteiger partial charge in [0.1, 0.15) is 11.9 Å². The third kappa shape index (κ3) is 2.20. The SMILES string of the molecule is CC(=O)CCC1OC1c1ccccc1. The van der Waals surface area contributed by atoms with E-state index in [0.717, 1.165) is 6.42 Å². The molecule has 0 aliphatic carbocycles. The number of rotatable bonds is 4. The molecule has 1 heterocycles. The molecule has 0 spiro atoms. The number of Topliss-reactive ketones (excluding diaryl/α,β-unsaturated/α-hetero) is 1. The molecule has 0 amide bonds. The summed E-state index contributed by atoms with van der Waals surface area (Å²) in [5.74, 6) is 0.243. The summed E-state index contributed by atoms with van der Waals surface area (Å²) in [4.78, 5) is 10.8. The fraction of sp³-hybridized carbons (Fsp3) is 0.417. The van der Waals surface area contributed by atoms with E-state index in [1.54, 1.807) is 6.92 Å². The minimum absolute atomic E-state index is 0.232. The van der Waals surface area contributed by atoms with E-state index in [1.165, 1.54) is 5.56 Å². The Labute approximate surface area is 83.9 Å². The molecule has 14 heavy (non-hydrogen) atoms. The van der Waals surface area contributed by atoms with Crippen LogP contribution in [0.15, 0.2) is 30.3 Å². The van der Waals surface area contributed by atoms with Crippen molar-refractivity contribution in [3.63, 3.8) is 0 Å². The van der Waals surface area contributed by atoms with Gasteiger partial charge in [0, 0.05) is 6.42 Å². The Kier molecular flexibility index (Phi) is 2.64. The van der Waals surface area contributed by atoms with Crippen LogP contribution in [-0.2, 0) is 9.53 Å². The summed E-state index contributed by atoms with van der Waals surface area (Å²) < 4.78 is 5.50. The minimum Gasteiger partial charge on any atom is -0.364 e. The Balaban J connectivity index is 1.85. The molecule has 0 saturated carbocycles. The first-order chi connectivity index (χ1) is 6.77. The molecule has 2 unspecified atom stereocenters. The minimum atomic E-state index is 0.232. The van der Waals surface area contributed by atoms with Crippen LogP contribution in [0.1, 0.15) is 31.4 Å². The molecule has 1 aliphatic rings. The molecule has 1 fully saturated rings. The fourth-order valence-corrected chi connectivity index (χ4v) is 1.64. The first-order valence-corrected chi connectivity index (χ1v) is 4.97. The first-order valence-electron chi connectivity index (χ1n) is 4.97. The zero-order chi connectivity index (χ0) is 9.97. The molecule has 1 aromatic rings. The molecule has 0 N–H and O–H groups in total. The zero-order valence-corrected chi connectivity index (χ0v) is 8.27. The summed E-state index contributed by atoms with van der Waals surface area (Å²) in [6, 6.07) is 10.2. The summed E-state index contributed by atoms with van der Waals surface area (Å²) in [5, 5.41) is 0. The molecular formula is C12H14O2. The smallest absolute Gasteiger partial charge is 0.129 e. The van der Waals surface area contributed by atoms with E-state index in [0.29, 0.717) is 6.42 Å². The molecule has 1 aliphatic heterocycles. The second-order valence-electron chi connectivity index (χ2n) is 3.75. The van der Waals surface area contributed by atoms with Gasteiger partial charge in [-0.15, -0.1) is 0 Å². The number of carbonyl (C=O) groups excluding carboxylic acids is 1. The summed E-state index contributed by atoms with van der Waals surface area (Å²) >= 11 is 0. The topological polar surface area (TPSA) is 29.6 Å². The molecule has 0 bridgehead atoms. The Hall–Kier alpha value is -1.15. The Morgan fingerprint density at radius 2 is 2.07 bits per heavy atom. The van der Waals surface area contributed by atoms with Crippen molar-refractivity contribution in [1.82, 2.24) is 0 Å². The van der Waals surface area contributed by atoms with Crippen LogP contribution in [0, 0.1) is 0 Å². The van der Waals surface area contributed by atoms with Crippen molar-refractivity contribution in [2.75, 3.05) is 0 Å². The number of benzene rings is 1. The highest BCUT2D eigenvalue weighted by Crippen LogP contribution is 2.41. The van der Waals surface area contributed by atoms with Crippen LogP contribution in [0.3, 0.4) is 0 Å². The molecule has 2 atom stereocenters. The van der Waals surface area contributed by atoms with Crippen LogP contribution in [0.25, 0.3) is 0 Å². The van der Waals surface area contributed by atoms with Gasteiger partial charge >= 0.3 is 0 Å². The predicted octanol–water partition coefficient (Wildman–Crippen LogP) is 2.50. The zero-order valence-electron chi connectivity index (χ0n) is 8.27. The molecule has 2 rings (SSSR count). The molecular weight excluding hydrogens is 176 g/mol. The highest BCUT2D eigenvalue weighted by Gasteiger charge is 2.39. The van der Waals surface area contributed by atoms with E-state index >= 15 is 0 Å². The van der Waals surface area contributed by atoms with Gasteiger partial charge in [-0.1, -0.05) is 30.3 Å². The molecule has 1 saturated heterocycles. The van der Waals surface area contributed by atoms with E-state index in [4.69, 9.17) is 4.74 Å². The van der Waals surface area contributed by atoms with Gasteiger partial charge < -0.3 is 9.53 Å². The molecule has 1 aromatic carbocycles. The van der Waals surface area contributed by atoms with Crippen molar-refractivity contribution in [2.45, 2.75) is 32.0 Å². The molecule has 2 heteroatoms. The monoisotopic (exact) mass is 190 g/mol. The summed E-state index contributed by atoms with van der Waals surface area (Å²) in [6.45, 7) is 1.62. The largest absolute Gasteiger partial charge is 0.364 e. The number of hydrogen-bond donors (Lipinski definition) is 0. The number of epoxide rings is 1. The third-order valence-corrected chi connectivity index (χ3v) is 2.49. The molecule has 0 aromatic heterocycles. The van der Waals surface area contributed by atoms with E-state index in [-0.39, 0.29) is 18.0 Å². The summed E-state index contributed by atoms with van der Waals surface area (Å²) in [6.07, 6.45) is 1.99. The van der Waals surface area contributed by atoms with Gasteiger partial charge in [0.05, 0.1) is 6.10 Å². The van der Waals surface area contributed by atoms with Gasteiger partial charge in [-0.2, -0.15) is 0 Å². The van der Waals surface area contributed by atoms with E-state index < -0.39 is 0 Å². The van der Waals surface area contributed by atoms with E-state index in [1.807, 2.05) is 18.2 Å². The van der Waals surface area contributed by atoms with Crippen molar-refractivity contribution < 1.29 is 9.53 Å². The third-order valence-electron chi connectivity index (χ3n) is 2.49. The Bertz CT molecular complexity index is 318. The maximum absolute atomic E-state index is 10.8. The van der Waals surface area contributed by atoms with Gasteiger partial charge in [0.15, 0.2) is 0 Å². The summed E-state index contributed by atoms with van der Waals surface area (Å²) in [7, 11) is 0. The first kappa shape index (κ1) is 9.41. The van der Waals surface area contributed by atoms with Crippen LogP contribution >= 0.6 is 0 Å². The lowest BCUT2D eigenvalue weighted by atomic mass is 10.1. The van der Waals surface area contributed by atoms with Crippen LogP contribution < -0.4 is 0 Å². The molecule has 0 radical (unpaired) electrons. The van der Waals surface area contributed by atoms with Crippen LogP contribution in [0.4, 0.5) is 0 Å². The van der Waals surface area contributed by atoms with Crippen molar-refractivity contribution >= 4 is 5.78 Å². The number of ketones is 1. The van der Waals surface area contributed by atoms with E-state index in [9.17, 15) is 4.79 Å². The van der Waals surface area contributed by atoms with Crippen LogP contribution in [0.2, 0.25) is 0 Å². The number of ether oxygens (including phenoxy) is 1.